The molecule has 2 N–H and O–H groups in total. The standard InChI is InChI=1S/C23H31N5O3.HI/c1-4-17(2)21(29)26-19-8-5-7-18(15-19)16-25-23(24-3)28-12-10-27(11-13-28)22(30)20-9-6-14-31-20;/h5-9,14-15,17H,4,10-13,16H2,1-3H3,(H,24,25)(H,26,29);1H. The van der Waals surface area contributed by atoms with E-state index in [0.29, 0.717) is 38.5 Å². The zero-order valence-electron chi connectivity index (χ0n) is 18.8. The average Bonchev–Trinajstić information content (AvgIpc) is 3.34. The highest BCUT2D eigenvalue weighted by Gasteiger charge is 2.25. The number of amides is 2. The molecule has 2 amide bonds. The van der Waals surface area contributed by atoms with Crippen LogP contribution in [0.25, 0.3) is 0 Å². The van der Waals surface area contributed by atoms with Crippen LogP contribution in [0.3, 0.4) is 0 Å². The second-order valence-corrected chi connectivity index (χ2v) is 7.66. The Morgan fingerprint density at radius 3 is 2.47 bits per heavy atom. The van der Waals surface area contributed by atoms with E-state index in [1.165, 1.54) is 6.26 Å². The van der Waals surface area contributed by atoms with Crippen molar-refractivity contribution in [3.63, 3.8) is 0 Å². The van der Waals surface area contributed by atoms with Crippen LogP contribution < -0.4 is 10.6 Å². The summed E-state index contributed by atoms with van der Waals surface area (Å²) >= 11 is 0. The van der Waals surface area contributed by atoms with E-state index in [2.05, 4.69) is 20.5 Å². The first-order valence-electron chi connectivity index (χ1n) is 10.7. The van der Waals surface area contributed by atoms with Gasteiger partial charge in [-0.2, -0.15) is 0 Å². The Kier molecular flexibility index (Phi) is 10.0. The van der Waals surface area contributed by atoms with Crippen molar-refractivity contribution in [2.45, 2.75) is 26.8 Å². The van der Waals surface area contributed by atoms with Gasteiger partial charge in [0.15, 0.2) is 11.7 Å². The molecule has 1 aromatic heterocycles. The van der Waals surface area contributed by atoms with E-state index in [1.807, 2.05) is 38.1 Å². The molecule has 9 heteroatoms. The molecule has 8 nitrogen and oxygen atoms in total. The molecular weight excluding hydrogens is 521 g/mol. The van der Waals surface area contributed by atoms with Crippen molar-refractivity contribution in [3.8, 4) is 0 Å². The predicted molar refractivity (Wildman–Crippen MR) is 136 cm³/mol. The Hall–Kier alpha value is -2.56. The van der Waals surface area contributed by atoms with E-state index >= 15 is 0 Å². The third kappa shape index (κ3) is 6.72. The zero-order valence-corrected chi connectivity index (χ0v) is 21.2. The van der Waals surface area contributed by atoms with Crippen molar-refractivity contribution in [1.29, 1.82) is 0 Å². The Labute approximate surface area is 206 Å². The minimum atomic E-state index is -0.0798. The van der Waals surface area contributed by atoms with Gasteiger partial charge in [-0.3, -0.25) is 14.6 Å². The summed E-state index contributed by atoms with van der Waals surface area (Å²) in [6, 6.07) is 11.2. The van der Waals surface area contributed by atoms with Gasteiger partial charge in [-0.15, -0.1) is 24.0 Å². The molecule has 1 atom stereocenters. The zero-order chi connectivity index (χ0) is 22.2. The summed E-state index contributed by atoms with van der Waals surface area (Å²) in [7, 11) is 1.76. The maximum Gasteiger partial charge on any atom is 0.289 e. The summed E-state index contributed by atoms with van der Waals surface area (Å²) in [5.41, 5.74) is 1.85. The number of carbonyl (C=O) groups excluding carboxylic acids is 2. The van der Waals surface area contributed by atoms with Crippen LogP contribution in [-0.4, -0.2) is 60.8 Å². The van der Waals surface area contributed by atoms with Gasteiger partial charge in [0.2, 0.25) is 5.91 Å². The lowest BCUT2D eigenvalue weighted by atomic mass is 10.1. The molecule has 0 bridgehead atoms. The molecule has 3 rings (SSSR count). The number of nitrogens with zero attached hydrogens (tertiary/aromatic N) is 3. The predicted octanol–water partition coefficient (Wildman–Crippen LogP) is 3.42. The first kappa shape index (κ1) is 25.7. The molecule has 1 unspecified atom stereocenters. The molecule has 1 fully saturated rings. The summed E-state index contributed by atoms with van der Waals surface area (Å²) in [5.74, 6) is 1.10. The largest absolute Gasteiger partial charge is 0.459 e. The number of piperazine rings is 1. The first-order valence-corrected chi connectivity index (χ1v) is 10.7. The van der Waals surface area contributed by atoms with Crippen LogP contribution in [-0.2, 0) is 11.3 Å². The van der Waals surface area contributed by atoms with Gasteiger partial charge in [0.25, 0.3) is 5.91 Å². The second-order valence-electron chi connectivity index (χ2n) is 7.66. The number of hydrogen-bond acceptors (Lipinski definition) is 4. The highest BCUT2D eigenvalue weighted by molar-refractivity contribution is 14.0. The molecule has 174 valence electrons. The smallest absolute Gasteiger partial charge is 0.289 e. The number of benzene rings is 1. The maximum atomic E-state index is 12.4. The lowest BCUT2D eigenvalue weighted by Gasteiger charge is -2.36. The molecule has 2 aromatic rings. The van der Waals surface area contributed by atoms with Gasteiger partial charge in [-0.25, -0.2) is 0 Å². The van der Waals surface area contributed by atoms with E-state index in [1.54, 1.807) is 24.1 Å². The van der Waals surface area contributed by atoms with Crippen molar-refractivity contribution >= 4 is 47.4 Å². The van der Waals surface area contributed by atoms with E-state index in [0.717, 1.165) is 23.6 Å². The number of halogens is 1. The SMILES string of the molecule is CCC(C)C(=O)Nc1cccc(CNC(=NC)N2CCN(C(=O)c3ccco3)CC2)c1.I. The van der Waals surface area contributed by atoms with E-state index in [9.17, 15) is 9.59 Å². The van der Waals surface area contributed by atoms with Gasteiger partial charge in [0.05, 0.1) is 6.26 Å². The maximum absolute atomic E-state index is 12.4. The molecule has 1 aliphatic heterocycles. The fraction of sp³-hybridized carbons (Fsp3) is 0.435. The Morgan fingerprint density at radius 2 is 1.84 bits per heavy atom. The lowest BCUT2D eigenvalue weighted by molar-refractivity contribution is -0.119. The highest BCUT2D eigenvalue weighted by Crippen LogP contribution is 2.14. The van der Waals surface area contributed by atoms with Crippen LogP contribution >= 0.6 is 24.0 Å². The number of nitrogens with one attached hydrogen (secondary N) is 2. The molecule has 0 aliphatic carbocycles. The van der Waals surface area contributed by atoms with Crippen molar-refractivity contribution in [3.05, 3.63) is 54.0 Å². The number of anilines is 1. The normalized spacial score (nSPS) is 15.0. The fourth-order valence-electron chi connectivity index (χ4n) is 3.40. The van der Waals surface area contributed by atoms with Gasteiger partial charge in [0.1, 0.15) is 0 Å². The average molecular weight is 553 g/mol. The van der Waals surface area contributed by atoms with Crippen molar-refractivity contribution in [1.82, 2.24) is 15.1 Å². The van der Waals surface area contributed by atoms with E-state index in [4.69, 9.17) is 4.42 Å². The van der Waals surface area contributed by atoms with Crippen LogP contribution in [0.5, 0.6) is 0 Å². The van der Waals surface area contributed by atoms with Gasteiger partial charge < -0.3 is 24.9 Å². The van der Waals surface area contributed by atoms with Crippen LogP contribution in [0.15, 0.2) is 52.1 Å². The molecule has 0 spiro atoms. The molecule has 1 aromatic carbocycles. The molecule has 1 saturated heterocycles. The number of rotatable bonds is 6. The summed E-state index contributed by atoms with van der Waals surface area (Å²) in [4.78, 5) is 32.9. The summed E-state index contributed by atoms with van der Waals surface area (Å²) in [5, 5.41) is 6.36. The number of furan rings is 1. The summed E-state index contributed by atoms with van der Waals surface area (Å²) in [6.07, 6.45) is 2.32. The molecule has 2 heterocycles. The third-order valence-corrected chi connectivity index (χ3v) is 5.52. The number of carbonyl (C=O) groups is 2. The second kappa shape index (κ2) is 12.5. The van der Waals surface area contributed by atoms with Crippen molar-refractivity contribution in [2.75, 3.05) is 38.5 Å². The van der Waals surface area contributed by atoms with Crippen LogP contribution in [0, 0.1) is 5.92 Å². The van der Waals surface area contributed by atoms with E-state index < -0.39 is 0 Å². The number of hydrogen-bond donors (Lipinski definition) is 2. The van der Waals surface area contributed by atoms with Crippen LogP contribution in [0.1, 0.15) is 36.4 Å². The van der Waals surface area contributed by atoms with Gasteiger partial charge in [-0.05, 0) is 36.2 Å². The minimum Gasteiger partial charge on any atom is -0.459 e. The lowest BCUT2D eigenvalue weighted by Crippen LogP contribution is -2.53. The number of guanidine groups is 1. The van der Waals surface area contributed by atoms with Crippen LogP contribution in [0.4, 0.5) is 5.69 Å². The third-order valence-electron chi connectivity index (χ3n) is 5.52. The Balaban J connectivity index is 0.00000363. The molecule has 0 saturated carbocycles. The highest BCUT2D eigenvalue weighted by atomic mass is 127. The van der Waals surface area contributed by atoms with Gasteiger partial charge >= 0.3 is 0 Å². The molecular formula is C23H32IN5O3. The molecule has 1 aliphatic rings. The summed E-state index contributed by atoms with van der Waals surface area (Å²) in [6.45, 7) is 7.11. The van der Waals surface area contributed by atoms with Gasteiger partial charge in [-0.1, -0.05) is 26.0 Å². The summed E-state index contributed by atoms with van der Waals surface area (Å²) < 4.78 is 5.22. The Morgan fingerprint density at radius 1 is 1.12 bits per heavy atom. The first-order chi connectivity index (χ1) is 15.0. The van der Waals surface area contributed by atoms with Crippen molar-refractivity contribution in [2.24, 2.45) is 10.9 Å². The monoisotopic (exact) mass is 553 g/mol. The number of aliphatic imine (C=N–C) groups is 1. The van der Waals surface area contributed by atoms with Gasteiger partial charge in [0, 0.05) is 51.4 Å². The van der Waals surface area contributed by atoms with Crippen molar-refractivity contribution < 1.29 is 14.0 Å². The Bertz CT molecular complexity index is 908. The van der Waals surface area contributed by atoms with E-state index in [-0.39, 0.29) is 41.7 Å². The minimum absolute atomic E-state index is 0. The quantitative estimate of drug-likeness (QED) is 0.325. The molecule has 0 radical (unpaired) electrons. The van der Waals surface area contributed by atoms with Crippen LogP contribution in [0.2, 0.25) is 0 Å². The molecule has 32 heavy (non-hydrogen) atoms. The fourth-order valence-corrected chi connectivity index (χ4v) is 3.40. The topological polar surface area (TPSA) is 90.2 Å².